The molecule has 1 aromatic rings. The van der Waals surface area contributed by atoms with E-state index < -0.39 is 9.84 Å². The summed E-state index contributed by atoms with van der Waals surface area (Å²) >= 11 is 6.02. The van der Waals surface area contributed by atoms with Crippen molar-refractivity contribution >= 4 is 21.4 Å². The molecule has 0 saturated carbocycles. The van der Waals surface area contributed by atoms with Gasteiger partial charge in [0.25, 0.3) is 0 Å². The number of aryl methyl sites for hydroxylation is 1. The zero-order valence-electron chi connectivity index (χ0n) is 11.7. The second kappa shape index (κ2) is 7.27. The lowest BCUT2D eigenvalue weighted by Gasteiger charge is -2.19. The van der Waals surface area contributed by atoms with Crippen LogP contribution in [0, 0.1) is 6.92 Å². The Hall–Kier alpha value is -0.580. The monoisotopic (exact) mass is 303 g/mol. The van der Waals surface area contributed by atoms with Gasteiger partial charge >= 0.3 is 0 Å². The molecule has 0 aliphatic heterocycles. The molecule has 0 spiro atoms. The molecule has 0 fully saturated rings. The number of hydrogen-bond acceptors (Lipinski definition) is 3. The summed E-state index contributed by atoms with van der Waals surface area (Å²) in [7, 11) is -2.94. The fourth-order valence-electron chi connectivity index (χ4n) is 1.92. The summed E-state index contributed by atoms with van der Waals surface area (Å²) in [5.74, 6) is 0.191. The van der Waals surface area contributed by atoms with Gasteiger partial charge in [0.2, 0.25) is 0 Å². The summed E-state index contributed by atoms with van der Waals surface area (Å²) in [6, 6.07) is 5.92. The van der Waals surface area contributed by atoms with E-state index in [2.05, 4.69) is 12.2 Å². The van der Waals surface area contributed by atoms with Crippen molar-refractivity contribution < 1.29 is 8.42 Å². The third-order valence-electron chi connectivity index (χ3n) is 3.00. The van der Waals surface area contributed by atoms with Crippen LogP contribution in [0.5, 0.6) is 0 Å². The molecule has 0 aliphatic carbocycles. The maximum Gasteiger partial charge on any atom is 0.147 e. The summed E-state index contributed by atoms with van der Waals surface area (Å²) in [5.41, 5.74) is 2.11. The molecule has 1 unspecified atom stereocenters. The minimum absolute atomic E-state index is 0.0608. The summed E-state index contributed by atoms with van der Waals surface area (Å²) in [4.78, 5) is 0. The van der Waals surface area contributed by atoms with Gasteiger partial charge in [-0.15, -0.1) is 0 Å². The molecule has 0 radical (unpaired) electrons. The molecule has 0 aliphatic rings. The van der Waals surface area contributed by atoms with Gasteiger partial charge in [-0.2, -0.15) is 0 Å². The van der Waals surface area contributed by atoms with Crippen LogP contribution >= 0.6 is 11.6 Å². The fraction of sp³-hybridized carbons (Fsp3) is 0.571. The van der Waals surface area contributed by atoms with Crippen LogP contribution in [0.3, 0.4) is 0 Å². The number of benzene rings is 1. The van der Waals surface area contributed by atoms with Crippen molar-refractivity contribution in [2.45, 2.75) is 32.7 Å². The molecule has 1 N–H and O–H groups in total. The van der Waals surface area contributed by atoms with E-state index in [0.29, 0.717) is 6.42 Å². The molecule has 5 heteroatoms. The first-order chi connectivity index (χ1) is 8.83. The molecule has 0 amide bonds. The topological polar surface area (TPSA) is 46.2 Å². The maximum atomic E-state index is 11.3. The molecular weight excluding hydrogens is 282 g/mol. The van der Waals surface area contributed by atoms with E-state index in [0.717, 1.165) is 29.1 Å². The highest BCUT2D eigenvalue weighted by molar-refractivity contribution is 7.90. The van der Waals surface area contributed by atoms with Crippen molar-refractivity contribution in [3.63, 3.8) is 0 Å². The lowest BCUT2D eigenvalue weighted by Crippen LogP contribution is -2.24. The largest absolute Gasteiger partial charge is 0.310 e. The van der Waals surface area contributed by atoms with Crippen LogP contribution in [0.4, 0.5) is 0 Å². The summed E-state index contributed by atoms with van der Waals surface area (Å²) in [6.07, 6.45) is 2.87. The molecule has 1 rings (SSSR count). The molecule has 0 saturated heterocycles. The third-order valence-corrected chi connectivity index (χ3v) is 4.40. The number of hydrogen-bond donors (Lipinski definition) is 1. The Morgan fingerprint density at radius 3 is 2.58 bits per heavy atom. The second-order valence-electron chi connectivity index (χ2n) is 4.93. The Balaban J connectivity index is 2.85. The summed E-state index contributed by atoms with van der Waals surface area (Å²) in [6.45, 7) is 4.92. The molecule has 108 valence electrons. The first-order valence-electron chi connectivity index (χ1n) is 6.50. The highest BCUT2D eigenvalue weighted by atomic mass is 35.5. The smallest absolute Gasteiger partial charge is 0.147 e. The average Bonchev–Trinajstić information content (AvgIpc) is 2.32. The zero-order valence-corrected chi connectivity index (χ0v) is 13.3. The van der Waals surface area contributed by atoms with E-state index in [1.165, 1.54) is 6.26 Å². The van der Waals surface area contributed by atoms with Gasteiger partial charge < -0.3 is 5.32 Å². The van der Waals surface area contributed by atoms with Crippen LogP contribution in [0.2, 0.25) is 5.02 Å². The summed E-state index contributed by atoms with van der Waals surface area (Å²) < 4.78 is 22.6. The van der Waals surface area contributed by atoms with Crippen LogP contribution in [-0.2, 0) is 9.84 Å². The lowest BCUT2D eigenvalue weighted by molar-refractivity contribution is 0.513. The minimum atomic E-state index is -2.94. The fourth-order valence-corrected chi connectivity index (χ4v) is 2.70. The van der Waals surface area contributed by atoms with E-state index >= 15 is 0 Å². The second-order valence-corrected chi connectivity index (χ2v) is 7.60. The first-order valence-corrected chi connectivity index (χ1v) is 8.94. The number of halogens is 1. The number of sulfone groups is 1. The van der Waals surface area contributed by atoms with Gasteiger partial charge in [0.05, 0.1) is 5.75 Å². The van der Waals surface area contributed by atoms with Crippen molar-refractivity contribution in [3.8, 4) is 0 Å². The predicted molar refractivity (Wildman–Crippen MR) is 81.6 cm³/mol. The molecular formula is C14H22ClNO2S. The van der Waals surface area contributed by atoms with E-state index in [-0.39, 0.29) is 11.8 Å². The Labute approximate surface area is 121 Å². The van der Waals surface area contributed by atoms with Gasteiger partial charge in [-0.25, -0.2) is 8.42 Å². The number of nitrogens with one attached hydrogen (secondary N) is 1. The van der Waals surface area contributed by atoms with Crippen molar-refractivity contribution in [3.05, 3.63) is 34.3 Å². The molecule has 0 bridgehead atoms. The zero-order chi connectivity index (χ0) is 14.5. The summed E-state index contributed by atoms with van der Waals surface area (Å²) in [5, 5.41) is 4.13. The average molecular weight is 304 g/mol. The molecule has 1 atom stereocenters. The molecule has 1 aromatic carbocycles. The van der Waals surface area contributed by atoms with Gasteiger partial charge in [-0.3, -0.25) is 0 Å². The molecule has 0 aromatic heterocycles. The van der Waals surface area contributed by atoms with Gasteiger partial charge in [0.1, 0.15) is 9.84 Å². The number of rotatable bonds is 7. The minimum Gasteiger partial charge on any atom is -0.310 e. The first kappa shape index (κ1) is 16.5. The third kappa shape index (κ3) is 5.93. The van der Waals surface area contributed by atoms with E-state index in [1.807, 2.05) is 25.1 Å². The Morgan fingerprint density at radius 1 is 1.37 bits per heavy atom. The van der Waals surface area contributed by atoms with Crippen molar-refractivity contribution in [1.29, 1.82) is 0 Å². The Bertz CT molecular complexity index is 514. The molecule has 3 nitrogen and oxygen atoms in total. The normalized spacial score (nSPS) is 13.5. The van der Waals surface area contributed by atoms with E-state index in [1.54, 1.807) is 0 Å². The molecule has 0 heterocycles. The van der Waals surface area contributed by atoms with Gasteiger partial charge in [0, 0.05) is 17.3 Å². The molecule has 19 heavy (non-hydrogen) atoms. The Kier molecular flexibility index (Phi) is 6.30. The van der Waals surface area contributed by atoms with Gasteiger partial charge in [-0.1, -0.05) is 30.7 Å². The lowest BCUT2D eigenvalue weighted by atomic mass is 10.0. The van der Waals surface area contributed by atoms with Crippen LogP contribution in [-0.4, -0.2) is 27.0 Å². The Morgan fingerprint density at radius 2 is 2.05 bits per heavy atom. The quantitative estimate of drug-likeness (QED) is 0.842. The highest BCUT2D eigenvalue weighted by Gasteiger charge is 2.14. The van der Waals surface area contributed by atoms with Crippen molar-refractivity contribution in [1.82, 2.24) is 5.32 Å². The van der Waals surface area contributed by atoms with E-state index in [9.17, 15) is 8.42 Å². The standard InChI is InChI=1S/C14H22ClNO2S/c1-4-8-16-14(7-9-19(3,17)18)12-5-6-13(15)11(2)10-12/h5-6,10,14,16H,4,7-9H2,1-3H3. The van der Waals surface area contributed by atoms with E-state index in [4.69, 9.17) is 11.6 Å². The van der Waals surface area contributed by atoms with Crippen LogP contribution in [0.15, 0.2) is 18.2 Å². The van der Waals surface area contributed by atoms with Gasteiger partial charge in [0.15, 0.2) is 0 Å². The van der Waals surface area contributed by atoms with Crippen molar-refractivity contribution in [2.75, 3.05) is 18.6 Å². The maximum absolute atomic E-state index is 11.3. The van der Waals surface area contributed by atoms with Crippen molar-refractivity contribution in [2.24, 2.45) is 0 Å². The van der Waals surface area contributed by atoms with Gasteiger partial charge in [-0.05, 0) is 43.5 Å². The predicted octanol–water partition coefficient (Wildman–Crippen LogP) is 3.12. The van der Waals surface area contributed by atoms with Crippen LogP contribution in [0.1, 0.15) is 36.9 Å². The van der Waals surface area contributed by atoms with Crippen LogP contribution < -0.4 is 5.32 Å². The highest BCUT2D eigenvalue weighted by Crippen LogP contribution is 2.23. The van der Waals surface area contributed by atoms with Crippen LogP contribution in [0.25, 0.3) is 0 Å². The SMILES string of the molecule is CCCNC(CCS(C)(=O)=O)c1ccc(Cl)c(C)c1.